The number of aryl methyl sites for hydroxylation is 4. The summed E-state index contributed by atoms with van der Waals surface area (Å²) in [5.41, 5.74) is 2.83. The second-order valence-corrected chi connectivity index (χ2v) is 5.27. The van der Waals surface area contributed by atoms with Crippen LogP contribution in [0.3, 0.4) is 0 Å². The van der Waals surface area contributed by atoms with Crippen LogP contribution in [-0.2, 0) is 19.5 Å². The summed E-state index contributed by atoms with van der Waals surface area (Å²) in [5.74, 6) is 0.832. The highest BCUT2D eigenvalue weighted by atomic mass is 16.5. The van der Waals surface area contributed by atoms with Crippen LogP contribution in [0.15, 0.2) is 33.8 Å². The Hall–Kier alpha value is -2.30. The monoisotopic (exact) mass is 285 g/mol. The summed E-state index contributed by atoms with van der Waals surface area (Å²) in [6.45, 7) is 7.31. The van der Waals surface area contributed by atoms with Crippen LogP contribution in [0.5, 0.6) is 0 Å². The Morgan fingerprint density at radius 2 is 1.90 bits per heavy atom. The van der Waals surface area contributed by atoms with Crippen LogP contribution in [0.4, 0.5) is 0 Å². The Morgan fingerprint density at radius 3 is 2.52 bits per heavy atom. The lowest BCUT2D eigenvalue weighted by Gasteiger charge is -2.07. The van der Waals surface area contributed by atoms with E-state index >= 15 is 0 Å². The summed E-state index contributed by atoms with van der Waals surface area (Å²) >= 11 is 0. The Balaban J connectivity index is 1.94. The van der Waals surface area contributed by atoms with E-state index in [9.17, 15) is 4.79 Å². The third-order valence-corrected chi connectivity index (χ3v) is 4.02. The number of fused-ring (bicyclic) bond motifs is 1. The van der Waals surface area contributed by atoms with Gasteiger partial charge in [0, 0.05) is 36.4 Å². The fourth-order valence-corrected chi connectivity index (χ4v) is 2.78. The van der Waals surface area contributed by atoms with E-state index in [0.29, 0.717) is 6.54 Å². The van der Waals surface area contributed by atoms with Crippen LogP contribution in [0.25, 0.3) is 10.9 Å². The molecule has 3 rings (SSSR count). The van der Waals surface area contributed by atoms with Crippen LogP contribution in [0.1, 0.15) is 23.9 Å². The van der Waals surface area contributed by atoms with E-state index in [1.54, 1.807) is 4.57 Å². The largest absolute Gasteiger partial charge is 0.361 e. The molecule has 0 amide bonds. The lowest BCUT2D eigenvalue weighted by molar-refractivity contribution is 0.392. The summed E-state index contributed by atoms with van der Waals surface area (Å²) in [6.07, 6.45) is 4.58. The molecule has 21 heavy (non-hydrogen) atoms. The minimum atomic E-state index is 0.0612. The van der Waals surface area contributed by atoms with Gasteiger partial charge in [0.25, 0.3) is 5.56 Å². The van der Waals surface area contributed by atoms with Gasteiger partial charge in [0.15, 0.2) is 0 Å². The Morgan fingerprint density at radius 1 is 1.19 bits per heavy atom. The molecule has 0 saturated carbocycles. The SMILES string of the molecule is CCn1ccc2ccn(CCc3c(C)noc3C)c(=O)c21. The molecule has 110 valence electrons. The van der Waals surface area contributed by atoms with Crippen molar-refractivity contribution < 1.29 is 4.52 Å². The Labute approximate surface area is 122 Å². The number of pyridine rings is 1. The van der Waals surface area contributed by atoms with Crippen molar-refractivity contribution in [2.75, 3.05) is 0 Å². The van der Waals surface area contributed by atoms with Crippen LogP contribution in [0, 0.1) is 13.8 Å². The van der Waals surface area contributed by atoms with Crippen molar-refractivity contribution in [3.8, 4) is 0 Å². The Bertz CT molecular complexity index is 819. The first kappa shape index (κ1) is 13.7. The van der Waals surface area contributed by atoms with Crippen molar-refractivity contribution in [2.24, 2.45) is 0 Å². The maximum Gasteiger partial charge on any atom is 0.275 e. The molecule has 5 heteroatoms. The van der Waals surface area contributed by atoms with E-state index in [4.69, 9.17) is 4.52 Å². The van der Waals surface area contributed by atoms with Crippen LogP contribution in [-0.4, -0.2) is 14.3 Å². The van der Waals surface area contributed by atoms with Gasteiger partial charge in [-0.05, 0) is 39.3 Å². The highest BCUT2D eigenvalue weighted by Crippen LogP contribution is 2.14. The fourth-order valence-electron chi connectivity index (χ4n) is 2.78. The van der Waals surface area contributed by atoms with Gasteiger partial charge in [-0.25, -0.2) is 0 Å². The predicted molar refractivity (Wildman–Crippen MR) is 81.6 cm³/mol. The van der Waals surface area contributed by atoms with E-state index in [0.717, 1.165) is 40.9 Å². The van der Waals surface area contributed by atoms with Crippen LogP contribution < -0.4 is 5.56 Å². The van der Waals surface area contributed by atoms with E-state index in [1.807, 2.05) is 49.9 Å². The van der Waals surface area contributed by atoms with Gasteiger partial charge >= 0.3 is 0 Å². The first-order chi connectivity index (χ1) is 10.1. The van der Waals surface area contributed by atoms with Gasteiger partial charge in [-0.3, -0.25) is 4.79 Å². The minimum absolute atomic E-state index is 0.0612. The topological polar surface area (TPSA) is 53.0 Å². The molecule has 0 spiro atoms. The molecule has 0 aliphatic rings. The summed E-state index contributed by atoms with van der Waals surface area (Å²) < 4.78 is 8.92. The lowest BCUT2D eigenvalue weighted by atomic mass is 10.1. The molecule has 0 saturated heterocycles. The molecule has 0 radical (unpaired) electrons. The Kier molecular flexibility index (Phi) is 3.41. The molecular formula is C16H19N3O2. The highest BCUT2D eigenvalue weighted by Gasteiger charge is 2.11. The minimum Gasteiger partial charge on any atom is -0.361 e. The van der Waals surface area contributed by atoms with Gasteiger partial charge in [-0.1, -0.05) is 5.16 Å². The number of rotatable bonds is 4. The molecule has 5 nitrogen and oxygen atoms in total. The molecule has 0 atom stereocenters. The molecule has 3 heterocycles. The van der Waals surface area contributed by atoms with E-state index in [-0.39, 0.29) is 5.56 Å². The molecular weight excluding hydrogens is 266 g/mol. The quantitative estimate of drug-likeness (QED) is 0.740. The average Bonchev–Trinajstić information content (AvgIpc) is 3.03. The van der Waals surface area contributed by atoms with E-state index < -0.39 is 0 Å². The normalized spacial score (nSPS) is 11.4. The van der Waals surface area contributed by atoms with Crippen molar-refractivity contribution in [1.29, 1.82) is 0 Å². The summed E-state index contributed by atoms with van der Waals surface area (Å²) in [6, 6.07) is 3.98. The maximum absolute atomic E-state index is 12.6. The molecule has 0 N–H and O–H groups in total. The van der Waals surface area contributed by atoms with Gasteiger partial charge in [-0.15, -0.1) is 0 Å². The number of hydrogen-bond donors (Lipinski definition) is 0. The van der Waals surface area contributed by atoms with Crippen molar-refractivity contribution in [3.05, 3.63) is 51.9 Å². The van der Waals surface area contributed by atoms with Gasteiger partial charge in [0.1, 0.15) is 11.3 Å². The van der Waals surface area contributed by atoms with Gasteiger partial charge in [0.2, 0.25) is 0 Å². The first-order valence-corrected chi connectivity index (χ1v) is 7.22. The third kappa shape index (κ3) is 2.28. The molecule has 0 aliphatic carbocycles. The van der Waals surface area contributed by atoms with Crippen LogP contribution in [0.2, 0.25) is 0 Å². The molecule has 3 aromatic rings. The van der Waals surface area contributed by atoms with E-state index in [1.165, 1.54) is 0 Å². The van der Waals surface area contributed by atoms with Crippen molar-refractivity contribution >= 4 is 10.9 Å². The summed E-state index contributed by atoms with van der Waals surface area (Å²) in [5, 5.41) is 4.95. The van der Waals surface area contributed by atoms with Gasteiger partial charge in [0.05, 0.1) is 5.69 Å². The number of aromatic nitrogens is 3. The summed E-state index contributed by atoms with van der Waals surface area (Å²) in [4.78, 5) is 12.6. The fraction of sp³-hybridized carbons (Fsp3) is 0.375. The number of nitrogens with zero attached hydrogens (tertiary/aromatic N) is 3. The molecule has 0 fully saturated rings. The molecule has 3 aromatic heterocycles. The smallest absolute Gasteiger partial charge is 0.275 e. The predicted octanol–water partition coefficient (Wildman–Crippen LogP) is 2.67. The van der Waals surface area contributed by atoms with Gasteiger partial charge in [-0.2, -0.15) is 0 Å². The summed E-state index contributed by atoms with van der Waals surface area (Å²) in [7, 11) is 0. The zero-order valence-corrected chi connectivity index (χ0v) is 12.6. The zero-order chi connectivity index (χ0) is 15.0. The first-order valence-electron chi connectivity index (χ1n) is 7.22. The molecule has 0 bridgehead atoms. The van der Waals surface area contributed by atoms with Crippen molar-refractivity contribution in [3.63, 3.8) is 0 Å². The molecule has 0 aliphatic heterocycles. The standard InChI is InChI=1S/C16H19N3O2/c1-4-18-8-5-13-6-9-19(16(20)15(13)18)10-7-14-11(2)17-21-12(14)3/h5-6,8-9H,4,7,10H2,1-3H3. The van der Waals surface area contributed by atoms with Crippen LogP contribution >= 0.6 is 0 Å². The van der Waals surface area contributed by atoms with E-state index in [2.05, 4.69) is 5.16 Å². The average molecular weight is 285 g/mol. The van der Waals surface area contributed by atoms with Crippen molar-refractivity contribution in [2.45, 2.75) is 40.3 Å². The lowest BCUT2D eigenvalue weighted by Crippen LogP contribution is -2.22. The second-order valence-electron chi connectivity index (χ2n) is 5.27. The number of hydrogen-bond acceptors (Lipinski definition) is 3. The molecule has 0 unspecified atom stereocenters. The second kappa shape index (κ2) is 5.24. The third-order valence-electron chi connectivity index (χ3n) is 4.02. The maximum atomic E-state index is 12.6. The zero-order valence-electron chi connectivity index (χ0n) is 12.6. The van der Waals surface area contributed by atoms with Gasteiger partial charge < -0.3 is 13.7 Å². The highest BCUT2D eigenvalue weighted by molar-refractivity contribution is 5.78. The molecule has 0 aromatic carbocycles. The van der Waals surface area contributed by atoms with Crippen molar-refractivity contribution in [1.82, 2.24) is 14.3 Å².